The Morgan fingerprint density at radius 3 is 2.43 bits per heavy atom. The monoisotopic (exact) mass is 403 g/mol. The molecule has 8 heteroatoms. The third kappa shape index (κ3) is 5.24. The largest absolute Gasteiger partial charge is 0.378 e. The highest BCUT2D eigenvalue weighted by atomic mass is 32.2. The number of nitrogens with zero attached hydrogens (tertiary/aromatic N) is 1. The van der Waals surface area contributed by atoms with Crippen LogP contribution in [0.2, 0.25) is 0 Å². The summed E-state index contributed by atoms with van der Waals surface area (Å²) in [6.45, 7) is 5.08. The van der Waals surface area contributed by atoms with E-state index in [0.29, 0.717) is 11.4 Å². The minimum atomic E-state index is -3.30. The zero-order valence-corrected chi connectivity index (χ0v) is 16.9. The number of anilines is 3. The molecule has 1 heterocycles. The first-order chi connectivity index (χ1) is 13.3. The van der Waals surface area contributed by atoms with Crippen LogP contribution in [0.15, 0.2) is 47.4 Å². The molecule has 1 fully saturated rings. The van der Waals surface area contributed by atoms with E-state index in [2.05, 4.69) is 15.5 Å². The van der Waals surface area contributed by atoms with Gasteiger partial charge in [0, 0.05) is 36.4 Å². The Morgan fingerprint density at radius 2 is 1.79 bits per heavy atom. The molecular formula is C20H25N3O4S. The first kappa shape index (κ1) is 20.2. The summed E-state index contributed by atoms with van der Waals surface area (Å²) in [5.41, 5.74) is 3.31. The summed E-state index contributed by atoms with van der Waals surface area (Å²) in [6, 6.07) is 12.5. The molecular weight excluding hydrogens is 378 g/mol. The molecule has 0 bridgehead atoms. The van der Waals surface area contributed by atoms with Crippen molar-refractivity contribution in [2.45, 2.75) is 11.8 Å². The predicted molar refractivity (Wildman–Crippen MR) is 111 cm³/mol. The van der Waals surface area contributed by atoms with Crippen LogP contribution in [0.1, 0.15) is 5.56 Å². The Balaban J connectivity index is 1.57. The number of hydrogen-bond donors (Lipinski definition) is 2. The highest BCUT2D eigenvalue weighted by Gasteiger charge is 2.12. The topological polar surface area (TPSA) is 87.7 Å². The smallest absolute Gasteiger partial charge is 0.243 e. The van der Waals surface area contributed by atoms with Crippen molar-refractivity contribution in [2.24, 2.45) is 0 Å². The Morgan fingerprint density at radius 1 is 1.11 bits per heavy atom. The molecule has 2 aromatic rings. The number of benzene rings is 2. The number of carbonyl (C=O) groups is 1. The lowest BCUT2D eigenvalue weighted by atomic mass is 10.2. The van der Waals surface area contributed by atoms with Crippen molar-refractivity contribution >= 4 is 32.8 Å². The minimum Gasteiger partial charge on any atom is -0.378 e. The van der Waals surface area contributed by atoms with Gasteiger partial charge in [-0.05, 0) is 48.9 Å². The zero-order valence-electron chi connectivity index (χ0n) is 16.1. The van der Waals surface area contributed by atoms with Crippen molar-refractivity contribution in [3.63, 3.8) is 0 Å². The second-order valence-corrected chi connectivity index (χ2v) is 8.81. The van der Waals surface area contributed by atoms with Crippen molar-refractivity contribution in [1.82, 2.24) is 0 Å². The van der Waals surface area contributed by atoms with Gasteiger partial charge < -0.3 is 20.3 Å². The molecule has 1 amide bonds. The second kappa shape index (κ2) is 8.62. The molecule has 150 valence electrons. The van der Waals surface area contributed by atoms with E-state index in [4.69, 9.17) is 4.74 Å². The van der Waals surface area contributed by atoms with E-state index >= 15 is 0 Å². The van der Waals surface area contributed by atoms with Crippen LogP contribution in [-0.4, -0.2) is 53.4 Å². The van der Waals surface area contributed by atoms with E-state index in [0.717, 1.165) is 43.8 Å². The number of carbonyl (C=O) groups excluding carboxylic acids is 1. The first-order valence-corrected chi connectivity index (χ1v) is 11.0. The molecule has 1 saturated heterocycles. The number of nitrogens with one attached hydrogen (secondary N) is 2. The SMILES string of the molecule is Cc1ccc(S(C)(=O)=O)cc1NCC(=O)Nc1ccc(N2CCOCC2)cc1. The minimum absolute atomic E-state index is 0.0409. The van der Waals surface area contributed by atoms with Crippen molar-refractivity contribution in [3.8, 4) is 0 Å². The number of rotatable bonds is 6. The summed E-state index contributed by atoms with van der Waals surface area (Å²) >= 11 is 0. The van der Waals surface area contributed by atoms with Crippen LogP contribution in [0.5, 0.6) is 0 Å². The number of aryl methyl sites for hydroxylation is 1. The van der Waals surface area contributed by atoms with Crippen LogP contribution in [0.4, 0.5) is 17.1 Å². The van der Waals surface area contributed by atoms with E-state index in [1.165, 1.54) is 0 Å². The average molecular weight is 404 g/mol. The second-order valence-electron chi connectivity index (χ2n) is 6.80. The van der Waals surface area contributed by atoms with Gasteiger partial charge in [-0.3, -0.25) is 4.79 Å². The molecule has 0 saturated carbocycles. The Bertz CT molecular complexity index is 936. The van der Waals surface area contributed by atoms with Gasteiger partial charge in [0.25, 0.3) is 0 Å². The summed E-state index contributed by atoms with van der Waals surface area (Å²) in [5.74, 6) is -0.205. The Kier molecular flexibility index (Phi) is 6.21. The van der Waals surface area contributed by atoms with E-state index in [1.54, 1.807) is 18.2 Å². The zero-order chi connectivity index (χ0) is 20.1. The van der Waals surface area contributed by atoms with E-state index in [9.17, 15) is 13.2 Å². The number of amides is 1. The summed E-state index contributed by atoms with van der Waals surface area (Å²) in [5, 5.41) is 5.85. The summed E-state index contributed by atoms with van der Waals surface area (Å²) in [6.07, 6.45) is 1.16. The van der Waals surface area contributed by atoms with Crippen LogP contribution >= 0.6 is 0 Å². The predicted octanol–water partition coefficient (Wildman–Crippen LogP) is 2.29. The third-order valence-electron chi connectivity index (χ3n) is 4.60. The fourth-order valence-electron chi connectivity index (χ4n) is 2.98. The molecule has 28 heavy (non-hydrogen) atoms. The van der Waals surface area contributed by atoms with Crippen LogP contribution in [0.3, 0.4) is 0 Å². The fraction of sp³-hybridized carbons (Fsp3) is 0.350. The highest BCUT2D eigenvalue weighted by molar-refractivity contribution is 7.90. The van der Waals surface area contributed by atoms with Crippen LogP contribution in [0, 0.1) is 6.92 Å². The van der Waals surface area contributed by atoms with Crippen molar-refractivity contribution < 1.29 is 17.9 Å². The van der Waals surface area contributed by atoms with Gasteiger partial charge in [0.05, 0.1) is 24.7 Å². The lowest BCUT2D eigenvalue weighted by Gasteiger charge is -2.28. The van der Waals surface area contributed by atoms with E-state index in [1.807, 2.05) is 31.2 Å². The summed E-state index contributed by atoms with van der Waals surface area (Å²) in [7, 11) is -3.30. The molecule has 0 aromatic heterocycles. The molecule has 2 aromatic carbocycles. The Labute approximate surface area is 165 Å². The molecule has 0 spiro atoms. The molecule has 3 rings (SSSR count). The lowest BCUT2D eigenvalue weighted by molar-refractivity contribution is -0.114. The van der Waals surface area contributed by atoms with Gasteiger partial charge in [0.15, 0.2) is 9.84 Å². The quantitative estimate of drug-likeness (QED) is 0.770. The Hall–Kier alpha value is -2.58. The van der Waals surface area contributed by atoms with Gasteiger partial charge >= 0.3 is 0 Å². The normalized spacial score (nSPS) is 14.6. The molecule has 1 aliphatic rings. The molecule has 0 atom stereocenters. The summed E-state index contributed by atoms with van der Waals surface area (Å²) < 4.78 is 28.8. The van der Waals surface area contributed by atoms with Gasteiger partial charge in [0.1, 0.15) is 0 Å². The number of morpholine rings is 1. The molecule has 7 nitrogen and oxygen atoms in total. The van der Waals surface area contributed by atoms with Gasteiger partial charge in [0.2, 0.25) is 5.91 Å². The molecule has 0 unspecified atom stereocenters. The molecule has 0 aliphatic carbocycles. The van der Waals surface area contributed by atoms with Crippen molar-refractivity contribution in [2.75, 3.05) is 54.6 Å². The standard InChI is InChI=1S/C20H25N3O4S/c1-15-3-8-18(28(2,25)26)13-19(15)21-14-20(24)22-16-4-6-17(7-5-16)23-9-11-27-12-10-23/h3-8,13,21H,9-12,14H2,1-2H3,(H,22,24). The first-order valence-electron chi connectivity index (χ1n) is 9.10. The fourth-order valence-corrected chi connectivity index (χ4v) is 3.63. The molecule has 0 radical (unpaired) electrons. The summed E-state index contributed by atoms with van der Waals surface area (Å²) in [4.78, 5) is 14.7. The maximum atomic E-state index is 12.2. The van der Waals surface area contributed by atoms with Gasteiger partial charge in [-0.15, -0.1) is 0 Å². The van der Waals surface area contributed by atoms with E-state index < -0.39 is 9.84 Å². The highest BCUT2D eigenvalue weighted by Crippen LogP contribution is 2.21. The van der Waals surface area contributed by atoms with Crippen molar-refractivity contribution in [1.29, 1.82) is 0 Å². The maximum absolute atomic E-state index is 12.2. The van der Waals surface area contributed by atoms with Crippen LogP contribution in [-0.2, 0) is 19.4 Å². The number of hydrogen-bond acceptors (Lipinski definition) is 6. The lowest BCUT2D eigenvalue weighted by Crippen LogP contribution is -2.36. The van der Waals surface area contributed by atoms with Gasteiger partial charge in [-0.2, -0.15) is 0 Å². The number of sulfone groups is 1. The van der Waals surface area contributed by atoms with Crippen LogP contribution < -0.4 is 15.5 Å². The molecule has 2 N–H and O–H groups in total. The van der Waals surface area contributed by atoms with Crippen molar-refractivity contribution in [3.05, 3.63) is 48.0 Å². The van der Waals surface area contributed by atoms with Gasteiger partial charge in [-0.1, -0.05) is 6.07 Å². The average Bonchev–Trinajstić information content (AvgIpc) is 2.68. The van der Waals surface area contributed by atoms with Crippen LogP contribution in [0.25, 0.3) is 0 Å². The maximum Gasteiger partial charge on any atom is 0.243 e. The third-order valence-corrected chi connectivity index (χ3v) is 5.71. The van der Waals surface area contributed by atoms with Gasteiger partial charge in [-0.25, -0.2) is 8.42 Å². The van der Waals surface area contributed by atoms with E-state index in [-0.39, 0.29) is 17.3 Å². The molecule has 1 aliphatic heterocycles. The number of ether oxygens (including phenoxy) is 1.